The predicted molar refractivity (Wildman–Crippen MR) is 117 cm³/mol. The molecule has 0 fully saturated rings. The predicted octanol–water partition coefficient (Wildman–Crippen LogP) is 6.46. The number of rotatable bonds is 6. The van der Waals surface area contributed by atoms with Crippen LogP contribution in [0.2, 0.25) is 0 Å². The van der Waals surface area contributed by atoms with Gasteiger partial charge in [-0.25, -0.2) is 0 Å². The number of para-hydroxylation sites is 1. The topological polar surface area (TPSA) is 9.72 Å². The van der Waals surface area contributed by atoms with Crippen molar-refractivity contribution in [3.05, 3.63) is 71.9 Å². The number of anilines is 1. The van der Waals surface area contributed by atoms with Crippen LogP contribution in [0.15, 0.2) is 54.1 Å². The van der Waals surface area contributed by atoms with Crippen LogP contribution >= 0.6 is 9.19 Å². The van der Waals surface area contributed by atoms with Crippen LogP contribution in [-0.4, -0.2) is 22.9 Å². The van der Waals surface area contributed by atoms with E-state index in [9.17, 15) is 0 Å². The molecule has 0 aliphatic carbocycles. The second kappa shape index (κ2) is 10.6. The van der Waals surface area contributed by atoms with Gasteiger partial charge in [-0.2, -0.15) is 0 Å². The molecule has 0 spiro atoms. The number of halogens is 1. The molecule has 0 amide bonds. The van der Waals surface area contributed by atoms with Crippen molar-refractivity contribution in [1.29, 1.82) is 0 Å². The molecule has 0 radical (unpaired) electrons. The number of allylic oxidation sites excluding steroid dienone is 3. The molecule has 3 nitrogen and oxygen atoms in total. The molecule has 0 saturated carbocycles. The third kappa shape index (κ3) is 4.71. The Hall–Kier alpha value is -1.13. The maximum atomic E-state index is 4.58. The molecular weight excluding hydrogens is 551 g/mol. The Kier molecular flexibility index (Phi) is 8.76. The van der Waals surface area contributed by atoms with Crippen molar-refractivity contribution in [2.24, 2.45) is 0 Å². The molecule has 158 valence electrons. The van der Waals surface area contributed by atoms with Crippen molar-refractivity contribution in [2.45, 2.75) is 53.4 Å². The normalized spacial score (nSPS) is 15.4. The van der Waals surface area contributed by atoms with Crippen LogP contribution < -0.4 is 4.90 Å². The quantitative estimate of drug-likeness (QED) is 0.282. The maximum absolute atomic E-state index is 4.58. The number of benzene rings is 1. The van der Waals surface area contributed by atoms with E-state index in [0.29, 0.717) is 11.8 Å². The number of fused-ring (bicyclic) bond motifs is 1. The van der Waals surface area contributed by atoms with Crippen LogP contribution in [-0.2, 0) is 20.0 Å². The van der Waals surface area contributed by atoms with E-state index in [0.717, 1.165) is 13.1 Å². The molecule has 0 bridgehead atoms. The second-order valence-corrected chi connectivity index (χ2v) is 7.60. The second-order valence-electron chi connectivity index (χ2n) is 7.60. The van der Waals surface area contributed by atoms with E-state index in [2.05, 4.69) is 115 Å². The Labute approximate surface area is 187 Å². The van der Waals surface area contributed by atoms with Gasteiger partial charge in [0.1, 0.15) is 0 Å². The molecule has 1 aromatic rings. The molecule has 2 aliphatic heterocycles. The Bertz CT molecular complexity index is 722. The summed E-state index contributed by atoms with van der Waals surface area (Å²) in [4.78, 5) is 7.04. The fraction of sp³-hybridized carbons (Fsp3) is 0.435. The van der Waals surface area contributed by atoms with Crippen molar-refractivity contribution < 1.29 is 20.0 Å². The Balaban J connectivity index is 0.00000136. The monoisotopic (exact) mass is 582 g/mol. The van der Waals surface area contributed by atoms with E-state index in [4.69, 9.17) is 0 Å². The van der Waals surface area contributed by atoms with Crippen LogP contribution in [0.5, 0.6) is 0 Å². The van der Waals surface area contributed by atoms with Crippen molar-refractivity contribution in [1.82, 2.24) is 9.80 Å². The van der Waals surface area contributed by atoms with Crippen LogP contribution in [0.1, 0.15) is 64.5 Å². The van der Waals surface area contributed by atoms with E-state index >= 15 is 0 Å². The first-order valence-electron chi connectivity index (χ1n) is 9.99. The molecule has 0 saturated heterocycles. The molecule has 5 heteroatoms. The summed E-state index contributed by atoms with van der Waals surface area (Å²) in [7, 11) is 4.58. The van der Waals surface area contributed by atoms with E-state index in [1.807, 2.05) is 0 Å². The van der Waals surface area contributed by atoms with Crippen molar-refractivity contribution in [3.63, 3.8) is 0 Å². The van der Waals surface area contributed by atoms with Crippen molar-refractivity contribution in [2.75, 3.05) is 18.0 Å². The van der Waals surface area contributed by atoms with E-state index in [-0.39, 0.29) is 0 Å². The average molecular weight is 583 g/mol. The van der Waals surface area contributed by atoms with Crippen molar-refractivity contribution >= 4 is 14.9 Å². The zero-order valence-electron chi connectivity index (χ0n) is 17.7. The van der Waals surface area contributed by atoms with Gasteiger partial charge in [-0.05, 0) is 55.2 Å². The van der Waals surface area contributed by atoms with Gasteiger partial charge in [-0.1, -0.05) is 52.0 Å². The molecule has 28 heavy (non-hydrogen) atoms. The summed E-state index contributed by atoms with van der Waals surface area (Å²) in [5, 5.41) is 0. The summed E-state index contributed by atoms with van der Waals surface area (Å²) in [6, 6.07) is 6.74. The van der Waals surface area contributed by atoms with Gasteiger partial charge in [0.25, 0.3) is 0 Å². The van der Waals surface area contributed by atoms with E-state index in [1.165, 1.54) is 28.3 Å². The SMILES string of the molecule is CCN(CC)C1=CC=CC2=CN(c3c(C(C)C)cccc3C(C)C)[CH-]N21.[Cl][Au]. The standard InChI is InChI=1S/C23H32N3.Au.ClH/c1-7-24(8-2)22-14-9-11-19-15-25(16-26(19)22)23-20(17(3)4)12-10-13-21(23)18(5)6;;/h9-18H,7-8H2,1-6H3;;1H/q-1;+1;/p-1. The van der Waals surface area contributed by atoms with Gasteiger partial charge >= 0.3 is 29.2 Å². The summed E-state index contributed by atoms with van der Waals surface area (Å²) >= 11 is 1.75. The molecule has 1 aromatic carbocycles. The van der Waals surface area contributed by atoms with Crippen LogP contribution in [0.3, 0.4) is 0 Å². The molecule has 0 atom stereocenters. The van der Waals surface area contributed by atoms with E-state index in [1.54, 1.807) is 20.0 Å². The van der Waals surface area contributed by atoms with Crippen LogP contribution in [0.25, 0.3) is 0 Å². The third-order valence-electron chi connectivity index (χ3n) is 5.24. The summed E-state index contributed by atoms with van der Waals surface area (Å²) in [6.07, 6.45) is 8.82. The zero-order chi connectivity index (χ0) is 20.8. The van der Waals surface area contributed by atoms with Crippen molar-refractivity contribution in [3.8, 4) is 0 Å². The average Bonchev–Trinajstić information content (AvgIpc) is 3.14. The van der Waals surface area contributed by atoms with Gasteiger partial charge in [0.05, 0.1) is 5.82 Å². The fourth-order valence-corrected chi connectivity index (χ4v) is 3.79. The molecule has 0 N–H and O–H groups in total. The zero-order valence-corrected chi connectivity index (χ0v) is 20.6. The Morgan fingerprint density at radius 1 is 1.04 bits per heavy atom. The molecule has 0 aromatic heterocycles. The van der Waals surface area contributed by atoms with Gasteiger partial charge in [-0.15, -0.1) is 6.67 Å². The molecular formula is C23H32AuClN3-. The van der Waals surface area contributed by atoms with Gasteiger partial charge in [0.15, 0.2) is 0 Å². The Morgan fingerprint density at radius 2 is 1.61 bits per heavy atom. The van der Waals surface area contributed by atoms with Gasteiger partial charge in [-0.3, -0.25) is 0 Å². The number of hydrogen-bond donors (Lipinski definition) is 0. The molecule has 0 unspecified atom stereocenters. The minimum absolute atomic E-state index is 0.487. The summed E-state index contributed by atoms with van der Waals surface area (Å²) in [5.41, 5.74) is 5.37. The van der Waals surface area contributed by atoms with Gasteiger partial charge in [0, 0.05) is 24.5 Å². The summed E-state index contributed by atoms with van der Waals surface area (Å²) < 4.78 is 0. The van der Waals surface area contributed by atoms with Crippen LogP contribution in [0, 0.1) is 6.67 Å². The molecule has 2 aliphatic rings. The third-order valence-corrected chi connectivity index (χ3v) is 5.24. The number of nitrogens with zero attached hydrogens (tertiary/aromatic N) is 3. The first kappa shape index (κ1) is 23.2. The number of hydrogen-bond acceptors (Lipinski definition) is 3. The minimum atomic E-state index is 0.487. The Morgan fingerprint density at radius 3 is 2.11 bits per heavy atom. The molecule has 2 heterocycles. The molecule has 3 rings (SSSR count). The van der Waals surface area contributed by atoms with Gasteiger partial charge in [0.2, 0.25) is 0 Å². The summed E-state index contributed by atoms with van der Waals surface area (Å²) in [5.74, 6) is 2.22. The van der Waals surface area contributed by atoms with Crippen LogP contribution in [0.4, 0.5) is 5.69 Å². The first-order valence-corrected chi connectivity index (χ1v) is 12.7. The summed E-state index contributed by atoms with van der Waals surface area (Å²) in [6.45, 7) is 17.8. The first-order chi connectivity index (χ1) is 13.5. The van der Waals surface area contributed by atoms with E-state index < -0.39 is 0 Å². The fourth-order valence-electron chi connectivity index (χ4n) is 3.79. The van der Waals surface area contributed by atoms with Gasteiger partial charge < -0.3 is 14.7 Å².